The lowest BCUT2D eigenvalue weighted by atomic mass is 10.1. The molecule has 0 aliphatic carbocycles. The minimum atomic E-state index is 0.487. The SMILES string of the molecule is CCOc1cc(/C=N\O)ccc1OCc1cc(C)ccc1C. The van der Waals surface area contributed by atoms with Gasteiger partial charge < -0.3 is 14.7 Å². The Kier molecular flexibility index (Phi) is 5.42. The summed E-state index contributed by atoms with van der Waals surface area (Å²) in [6, 6.07) is 11.8. The van der Waals surface area contributed by atoms with Crippen LogP contribution in [-0.2, 0) is 6.61 Å². The lowest BCUT2D eigenvalue weighted by Gasteiger charge is -2.14. The van der Waals surface area contributed by atoms with Crippen LogP contribution in [0.3, 0.4) is 0 Å². The Hall–Kier alpha value is -2.49. The van der Waals surface area contributed by atoms with Crippen molar-refractivity contribution >= 4 is 6.21 Å². The van der Waals surface area contributed by atoms with Gasteiger partial charge in [-0.3, -0.25) is 0 Å². The van der Waals surface area contributed by atoms with Crippen molar-refractivity contribution in [3.8, 4) is 11.5 Å². The molecule has 2 aromatic carbocycles. The number of oxime groups is 1. The maximum atomic E-state index is 8.62. The van der Waals surface area contributed by atoms with E-state index in [1.165, 1.54) is 17.3 Å². The van der Waals surface area contributed by atoms with Crippen molar-refractivity contribution < 1.29 is 14.7 Å². The number of nitrogens with zero attached hydrogens (tertiary/aromatic N) is 1. The first-order valence-corrected chi connectivity index (χ1v) is 7.27. The van der Waals surface area contributed by atoms with E-state index >= 15 is 0 Å². The zero-order valence-corrected chi connectivity index (χ0v) is 13.2. The van der Waals surface area contributed by atoms with E-state index < -0.39 is 0 Å². The van der Waals surface area contributed by atoms with Crippen LogP contribution in [-0.4, -0.2) is 18.0 Å². The van der Waals surface area contributed by atoms with Gasteiger partial charge in [-0.15, -0.1) is 0 Å². The third kappa shape index (κ3) is 4.01. The molecule has 22 heavy (non-hydrogen) atoms. The van der Waals surface area contributed by atoms with Crippen molar-refractivity contribution in [2.45, 2.75) is 27.4 Å². The summed E-state index contributed by atoms with van der Waals surface area (Å²) < 4.78 is 11.5. The Bertz CT molecular complexity index is 665. The summed E-state index contributed by atoms with van der Waals surface area (Å²) >= 11 is 0. The lowest BCUT2D eigenvalue weighted by molar-refractivity contribution is 0.269. The molecule has 0 aliphatic heterocycles. The van der Waals surface area contributed by atoms with E-state index in [1.807, 2.05) is 19.1 Å². The lowest BCUT2D eigenvalue weighted by Crippen LogP contribution is -2.02. The van der Waals surface area contributed by atoms with Crippen molar-refractivity contribution in [3.63, 3.8) is 0 Å². The molecule has 0 saturated carbocycles. The molecule has 4 heteroatoms. The largest absolute Gasteiger partial charge is 0.490 e. The molecule has 0 spiro atoms. The van der Waals surface area contributed by atoms with Gasteiger partial charge in [-0.25, -0.2) is 0 Å². The quantitative estimate of drug-likeness (QED) is 0.496. The average Bonchev–Trinajstić information content (AvgIpc) is 2.50. The minimum absolute atomic E-state index is 0.487. The van der Waals surface area contributed by atoms with E-state index in [0.717, 1.165) is 11.1 Å². The van der Waals surface area contributed by atoms with Crippen molar-refractivity contribution in [2.75, 3.05) is 6.61 Å². The molecule has 0 radical (unpaired) electrons. The van der Waals surface area contributed by atoms with E-state index in [2.05, 4.69) is 37.2 Å². The molecule has 0 bridgehead atoms. The second-order valence-electron chi connectivity index (χ2n) is 5.10. The van der Waals surface area contributed by atoms with Crippen molar-refractivity contribution in [1.82, 2.24) is 0 Å². The molecule has 0 fully saturated rings. The van der Waals surface area contributed by atoms with Crippen LogP contribution in [0.25, 0.3) is 0 Å². The summed E-state index contributed by atoms with van der Waals surface area (Å²) in [7, 11) is 0. The molecule has 2 aromatic rings. The van der Waals surface area contributed by atoms with Gasteiger partial charge in [0.1, 0.15) is 6.61 Å². The van der Waals surface area contributed by atoms with Crippen LogP contribution >= 0.6 is 0 Å². The minimum Gasteiger partial charge on any atom is -0.490 e. The van der Waals surface area contributed by atoms with Gasteiger partial charge in [0.15, 0.2) is 11.5 Å². The fourth-order valence-electron chi connectivity index (χ4n) is 2.17. The third-order valence-electron chi connectivity index (χ3n) is 3.36. The highest BCUT2D eigenvalue weighted by Crippen LogP contribution is 2.29. The predicted molar refractivity (Wildman–Crippen MR) is 87.2 cm³/mol. The van der Waals surface area contributed by atoms with E-state index in [0.29, 0.717) is 24.7 Å². The smallest absolute Gasteiger partial charge is 0.161 e. The second-order valence-corrected chi connectivity index (χ2v) is 5.10. The summed E-state index contributed by atoms with van der Waals surface area (Å²) in [5.41, 5.74) is 4.32. The van der Waals surface area contributed by atoms with Gasteiger partial charge in [0.25, 0.3) is 0 Å². The van der Waals surface area contributed by atoms with E-state index in [-0.39, 0.29) is 0 Å². The topological polar surface area (TPSA) is 51.0 Å². The summed E-state index contributed by atoms with van der Waals surface area (Å²) in [5, 5.41) is 11.6. The Morgan fingerprint density at radius 3 is 2.59 bits per heavy atom. The van der Waals surface area contributed by atoms with Crippen molar-refractivity contribution in [3.05, 3.63) is 58.7 Å². The van der Waals surface area contributed by atoms with Crippen LogP contribution in [0.4, 0.5) is 0 Å². The second kappa shape index (κ2) is 7.50. The average molecular weight is 299 g/mol. The number of aryl methyl sites for hydroxylation is 2. The summed E-state index contributed by atoms with van der Waals surface area (Å²) in [5.74, 6) is 1.32. The summed E-state index contributed by atoms with van der Waals surface area (Å²) in [6.07, 6.45) is 1.36. The maximum absolute atomic E-state index is 8.62. The molecule has 0 heterocycles. The van der Waals surface area contributed by atoms with Gasteiger partial charge in [0.05, 0.1) is 12.8 Å². The fourth-order valence-corrected chi connectivity index (χ4v) is 2.17. The number of ether oxygens (including phenoxy) is 2. The number of hydrogen-bond acceptors (Lipinski definition) is 4. The molecule has 1 N–H and O–H groups in total. The van der Waals surface area contributed by atoms with Crippen molar-refractivity contribution in [1.29, 1.82) is 0 Å². The fraction of sp³-hybridized carbons (Fsp3) is 0.278. The number of hydrogen-bond donors (Lipinski definition) is 1. The van der Waals surface area contributed by atoms with Gasteiger partial charge in [0.2, 0.25) is 0 Å². The van der Waals surface area contributed by atoms with Gasteiger partial charge in [-0.2, -0.15) is 0 Å². The monoisotopic (exact) mass is 299 g/mol. The molecule has 0 amide bonds. The van der Waals surface area contributed by atoms with Gasteiger partial charge in [-0.05, 0) is 50.1 Å². The van der Waals surface area contributed by atoms with Crippen LogP contribution in [0, 0.1) is 13.8 Å². The molecule has 2 rings (SSSR count). The Morgan fingerprint density at radius 2 is 1.86 bits per heavy atom. The first-order chi connectivity index (χ1) is 10.6. The Morgan fingerprint density at radius 1 is 1.05 bits per heavy atom. The zero-order chi connectivity index (χ0) is 15.9. The molecular formula is C18H21NO3. The highest BCUT2D eigenvalue weighted by molar-refractivity contribution is 5.80. The first-order valence-electron chi connectivity index (χ1n) is 7.27. The van der Waals surface area contributed by atoms with Crippen molar-refractivity contribution in [2.24, 2.45) is 5.16 Å². The molecule has 0 atom stereocenters. The molecule has 0 aromatic heterocycles. The summed E-state index contributed by atoms with van der Waals surface area (Å²) in [6.45, 7) is 7.09. The van der Waals surface area contributed by atoms with Crippen LogP contribution in [0.15, 0.2) is 41.6 Å². The standard InChI is InChI=1S/C18H21NO3/c1-4-21-18-10-15(11-19-20)7-8-17(18)22-12-16-9-13(2)5-6-14(16)3/h5-11,20H,4,12H2,1-3H3/b19-11-. The van der Waals surface area contributed by atoms with Crippen LogP contribution < -0.4 is 9.47 Å². The molecule has 0 saturated heterocycles. The van der Waals surface area contributed by atoms with E-state index in [9.17, 15) is 0 Å². The third-order valence-corrected chi connectivity index (χ3v) is 3.36. The van der Waals surface area contributed by atoms with Gasteiger partial charge in [0, 0.05) is 5.56 Å². The van der Waals surface area contributed by atoms with Crippen LogP contribution in [0.5, 0.6) is 11.5 Å². The highest BCUT2D eigenvalue weighted by Gasteiger charge is 2.07. The molecule has 4 nitrogen and oxygen atoms in total. The van der Waals surface area contributed by atoms with Crippen LogP contribution in [0.2, 0.25) is 0 Å². The molecule has 0 unspecified atom stereocenters. The molecule has 116 valence electrons. The molecule has 0 aliphatic rings. The first kappa shape index (κ1) is 15.9. The highest BCUT2D eigenvalue weighted by atomic mass is 16.5. The van der Waals surface area contributed by atoms with Gasteiger partial charge in [-0.1, -0.05) is 28.9 Å². The molecular weight excluding hydrogens is 278 g/mol. The number of rotatable bonds is 6. The predicted octanol–water partition coefficient (Wildman–Crippen LogP) is 4.09. The van der Waals surface area contributed by atoms with E-state index in [4.69, 9.17) is 14.7 Å². The Balaban J connectivity index is 2.19. The maximum Gasteiger partial charge on any atom is 0.161 e. The summed E-state index contributed by atoms with van der Waals surface area (Å²) in [4.78, 5) is 0. The van der Waals surface area contributed by atoms with E-state index in [1.54, 1.807) is 6.07 Å². The van der Waals surface area contributed by atoms with Gasteiger partial charge >= 0.3 is 0 Å². The zero-order valence-electron chi connectivity index (χ0n) is 13.2. The Labute approximate surface area is 131 Å². The number of benzene rings is 2. The normalized spacial score (nSPS) is 10.9. The van der Waals surface area contributed by atoms with Crippen LogP contribution in [0.1, 0.15) is 29.2 Å².